The summed E-state index contributed by atoms with van der Waals surface area (Å²) in [4.78, 5) is -0.564. The molecule has 2 aliphatic rings. The zero-order valence-electron chi connectivity index (χ0n) is 10.1. The minimum absolute atomic E-state index is 0. The summed E-state index contributed by atoms with van der Waals surface area (Å²) in [5.74, 6) is 0. The van der Waals surface area contributed by atoms with Gasteiger partial charge >= 0.3 is 48.9 Å². The van der Waals surface area contributed by atoms with E-state index >= 15 is 0 Å². The molecular weight excluding hydrogens is 354 g/mol. The first-order valence-corrected chi connectivity index (χ1v) is 7.34. The van der Waals surface area contributed by atoms with Crippen LogP contribution in [0.4, 0.5) is 0 Å². The van der Waals surface area contributed by atoms with Gasteiger partial charge in [0.15, 0.2) is 0 Å². The van der Waals surface area contributed by atoms with Gasteiger partial charge in [-0.15, -0.1) is 11.8 Å². The van der Waals surface area contributed by atoms with Gasteiger partial charge in [-0.25, -0.2) is 0 Å². The molecule has 0 aromatic rings. The summed E-state index contributed by atoms with van der Waals surface area (Å²) in [6, 6.07) is 0. The molecule has 1 heterocycles. The fourth-order valence-corrected chi connectivity index (χ4v) is 3.74. The number of aliphatic hydroxyl groups is 1. The first-order chi connectivity index (χ1) is 7.72. The van der Waals surface area contributed by atoms with Crippen molar-refractivity contribution in [1.82, 2.24) is 0 Å². The molecule has 17 heavy (non-hydrogen) atoms. The molecule has 2 rings (SSSR count). The van der Waals surface area contributed by atoms with Crippen LogP contribution in [-0.4, -0.2) is 63.7 Å². The van der Waals surface area contributed by atoms with Crippen LogP contribution in [0.3, 0.4) is 0 Å². The van der Waals surface area contributed by atoms with Gasteiger partial charge < -0.3 is 5.11 Å². The van der Waals surface area contributed by atoms with Crippen molar-refractivity contribution >= 4 is 60.6 Å². The third kappa shape index (κ3) is 3.91. The normalized spacial score (nSPS) is 33.1. The maximum absolute atomic E-state index is 10.2. The third-order valence-corrected chi connectivity index (χ3v) is 5.23. The SMILES string of the molecule is CCCCCCCCC12C=CC=CC1(O)S2.[BaH2]. The molecule has 1 N–H and O–H groups in total. The van der Waals surface area contributed by atoms with Crippen LogP contribution in [0.15, 0.2) is 24.3 Å². The van der Waals surface area contributed by atoms with Crippen LogP contribution >= 0.6 is 11.8 Å². The van der Waals surface area contributed by atoms with Crippen molar-refractivity contribution in [3.05, 3.63) is 24.3 Å². The van der Waals surface area contributed by atoms with Gasteiger partial charge in [-0.2, -0.15) is 0 Å². The number of hydrogen-bond donors (Lipinski definition) is 1. The summed E-state index contributed by atoms with van der Waals surface area (Å²) in [5.41, 5.74) is 0. The molecule has 2 atom stereocenters. The van der Waals surface area contributed by atoms with Gasteiger partial charge in [0.1, 0.15) is 4.93 Å². The van der Waals surface area contributed by atoms with Crippen LogP contribution in [0.1, 0.15) is 51.9 Å². The Kier molecular flexibility index (Phi) is 6.98. The molecule has 0 amide bonds. The van der Waals surface area contributed by atoms with Crippen molar-refractivity contribution in [2.75, 3.05) is 0 Å². The molecule has 1 fully saturated rings. The van der Waals surface area contributed by atoms with Crippen molar-refractivity contribution in [3.8, 4) is 0 Å². The summed E-state index contributed by atoms with van der Waals surface area (Å²) in [7, 11) is 0. The van der Waals surface area contributed by atoms with Gasteiger partial charge in [-0.3, -0.25) is 0 Å². The fourth-order valence-electron chi connectivity index (χ4n) is 2.46. The predicted molar refractivity (Wildman–Crippen MR) is 80.1 cm³/mol. The Bertz CT molecular complexity index is 303. The molecule has 2 unspecified atom stereocenters. The van der Waals surface area contributed by atoms with Gasteiger partial charge in [-0.05, 0) is 12.5 Å². The van der Waals surface area contributed by atoms with E-state index in [4.69, 9.17) is 0 Å². The first-order valence-electron chi connectivity index (χ1n) is 6.52. The van der Waals surface area contributed by atoms with Crippen molar-refractivity contribution in [1.29, 1.82) is 0 Å². The van der Waals surface area contributed by atoms with E-state index in [1.54, 1.807) is 11.8 Å². The van der Waals surface area contributed by atoms with Gasteiger partial charge in [0.25, 0.3) is 0 Å². The van der Waals surface area contributed by atoms with Gasteiger partial charge in [0.05, 0.1) is 4.75 Å². The molecule has 1 aliphatic heterocycles. The molecule has 94 valence electrons. The minimum atomic E-state index is -0.564. The van der Waals surface area contributed by atoms with E-state index in [2.05, 4.69) is 19.1 Å². The first kappa shape index (κ1) is 16.4. The summed E-state index contributed by atoms with van der Waals surface area (Å²) in [6.45, 7) is 2.25. The summed E-state index contributed by atoms with van der Waals surface area (Å²) in [5, 5.41) is 10.2. The van der Waals surface area contributed by atoms with Crippen LogP contribution in [0, 0.1) is 0 Å². The van der Waals surface area contributed by atoms with E-state index in [-0.39, 0.29) is 53.6 Å². The maximum atomic E-state index is 10.2. The van der Waals surface area contributed by atoms with Crippen LogP contribution < -0.4 is 0 Å². The summed E-state index contributed by atoms with van der Waals surface area (Å²) in [6.07, 6.45) is 17.3. The van der Waals surface area contributed by atoms with Crippen molar-refractivity contribution in [2.45, 2.75) is 61.5 Å². The molecule has 0 saturated carbocycles. The van der Waals surface area contributed by atoms with Crippen molar-refractivity contribution in [2.24, 2.45) is 0 Å². The summed E-state index contributed by atoms with van der Waals surface area (Å²) < 4.78 is 0.0342. The van der Waals surface area contributed by atoms with E-state index in [9.17, 15) is 5.11 Å². The van der Waals surface area contributed by atoms with Crippen molar-refractivity contribution < 1.29 is 5.11 Å². The molecule has 0 aromatic carbocycles. The Balaban J connectivity index is 0.00000144. The van der Waals surface area contributed by atoms with E-state index in [0.717, 1.165) is 6.42 Å². The predicted octanol–water partition coefficient (Wildman–Crippen LogP) is 3.12. The molecule has 1 nitrogen and oxygen atoms in total. The summed E-state index contributed by atoms with van der Waals surface area (Å²) >= 11 is 1.70. The zero-order chi connectivity index (χ0) is 11.5. The number of fused-ring (bicyclic) bond motifs is 1. The molecular formula is C14H24BaOS. The monoisotopic (exact) mass is 378 g/mol. The van der Waals surface area contributed by atoms with Gasteiger partial charge in [-0.1, -0.05) is 63.7 Å². The van der Waals surface area contributed by atoms with E-state index in [1.807, 2.05) is 12.2 Å². The molecule has 0 bridgehead atoms. The average molecular weight is 378 g/mol. The Morgan fingerprint density at radius 2 is 1.65 bits per heavy atom. The molecule has 0 radical (unpaired) electrons. The molecule has 1 aliphatic carbocycles. The Morgan fingerprint density at radius 1 is 1.00 bits per heavy atom. The molecule has 3 heteroatoms. The third-order valence-electron chi connectivity index (χ3n) is 3.60. The fraction of sp³-hybridized carbons (Fsp3) is 0.714. The number of unbranched alkanes of at least 4 members (excludes halogenated alkanes) is 5. The van der Waals surface area contributed by atoms with E-state index in [1.165, 1.54) is 38.5 Å². The van der Waals surface area contributed by atoms with Gasteiger partial charge in [0, 0.05) is 0 Å². The molecule has 0 spiro atoms. The second-order valence-electron chi connectivity index (χ2n) is 4.92. The number of hydrogen-bond acceptors (Lipinski definition) is 2. The van der Waals surface area contributed by atoms with Crippen LogP contribution in [0.2, 0.25) is 0 Å². The Morgan fingerprint density at radius 3 is 2.35 bits per heavy atom. The standard InChI is InChI=1S/C14H22OS.Ba.2H/c1-2-3-4-5-6-7-10-13-11-8-9-12-14(13,15)16-13;;;/h8-9,11-12,15H,2-7,10H2,1H3;;;. The Labute approximate surface area is 150 Å². The quantitative estimate of drug-likeness (QED) is 0.418. The molecule has 0 aromatic heterocycles. The average Bonchev–Trinajstić information content (AvgIpc) is 2.90. The number of thioether (sulfide) groups is 1. The zero-order valence-corrected chi connectivity index (χ0v) is 10.9. The van der Waals surface area contributed by atoms with Crippen molar-refractivity contribution in [3.63, 3.8) is 0 Å². The number of allylic oxidation sites excluding steroid dienone is 2. The van der Waals surface area contributed by atoms with Crippen LogP contribution in [0.25, 0.3) is 0 Å². The topological polar surface area (TPSA) is 20.2 Å². The van der Waals surface area contributed by atoms with E-state index < -0.39 is 4.93 Å². The van der Waals surface area contributed by atoms with E-state index in [0.29, 0.717) is 0 Å². The van der Waals surface area contributed by atoms with Gasteiger partial charge in [0.2, 0.25) is 0 Å². The second-order valence-corrected chi connectivity index (χ2v) is 6.48. The molecule has 1 saturated heterocycles. The van der Waals surface area contributed by atoms with Crippen LogP contribution in [-0.2, 0) is 0 Å². The Hall–Kier alpha value is 1.36. The second kappa shape index (κ2) is 7.23. The number of rotatable bonds is 7. The van der Waals surface area contributed by atoms with Crippen LogP contribution in [0.5, 0.6) is 0 Å².